The van der Waals surface area contributed by atoms with Gasteiger partial charge < -0.3 is 9.32 Å². The van der Waals surface area contributed by atoms with Crippen molar-refractivity contribution in [3.05, 3.63) is 53.6 Å². The fourth-order valence-corrected chi connectivity index (χ4v) is 5.57. The van der Waals surface area contributed by atoms with E-state index in [1.54, 1.807) is 6.07 Å². The lowest BCUT2D eigenvalue weighted by Gasteiger charge is -2.23. The van der Waals surface area contributed by atoms with Crippen LogP contribution in [-0.4, -0.2) is 32.5 Å². The van der Waals surface area contributed by atoms with Crippen LogP contribution in [0.3, 0.4) is 0 Å². The maximum atomic E-state index is 12.9. The van der Waals surface area contributed by atoms with E-state index in [4.69, 9.17) is 4.42 Å². The van der Waals surface area contributed by atoms with E-state index in [-0.39, 0.29) is 6.04 Å². The van der Waals surface area contributed by atoms with Crippen LogP contribution in [0.15, 0.2) is 51.8 Å². The number of aryl methyl sites for hydroxylation is 2. The lowest BCUT2D eigenvalue weighted by atomic mass is 9.92. The molecule has 3 aromatic rings. The van der Waals surface area contributed by atoms with E-state index in [1.165, 1.54) is 17.5 Å². The summed E-state index contributed by atoms with van der Waals surface area (Å²) in [7, 11) is -3.54. The van der Waals surface area contributed by atoms with E-state index < -0.39 is 10.0 Å². The average Bonchev–Trinajstić information content (AvgIpc) is 3.38. The zero-order chi connectivity index (χ0) is 19.8. The first-order valence-electron chi connectivity index (χ1n) is 10.3. The molecule has 0 bridgehead atoms. The van der Waals surface area contributed by atoms with Crippen LogP contribution in [0.1, 0.15) is 36.8 Å². The van der Waals surface area contributed by atoms with Crippen LogP contribution in [0, 0.1) is 0 Å². The molecule has 152 valence electrons. The SMILES string of the molecule is O=S(=O)(NCC1CCCN1c1nc2ccccc2o1)c1ccc2c(c1)CCCC2. The fraction of sp³-hybridized carbons (Fsp3) is 0.409. The number of hydrogen-bond donors (Lipinski definition) is 1. The Morgan fingerprint density at radius 3 is 2.76 bits per heavy atom. The second kappa shape index (κ2) is 7.46. The Morgan fingerprint density at radius 2 is 1.90 bits per heavy atom. The first-order valence-corrected chi connectivity index (χ1v) is 11.8. The zero-order valence-corrected chi connectivity index (χ0v) is 17.1. The van der Waals surface area contributed by atoms with Gasteiger partial charge in [-0.3, -0.25) is 0 Å². The highest BCUT2D eigenvalue weighted by molar-refractivity contribution is 7.89. The molecular formula is C22H25N3O3S. The molecule has 1 N–H and O–H groups in total. The topological polar surface area (TPSA) is 75.4 Å². The molecule has 1 unspecified atom stereocenters. The predicted octanol–water partition coefficient (Wildman–Crippen LogP) is 3.65. The molecule has 1 aliphatic heterocycles. The van der Waals surface area contributed by atoms with Crippen molar-refractivity contribution in [1.29, 1.82) is 0 Å². The maximum absolute atomic E-state index is 12.9. The maximum Gasteiger partial charge on any atom is 0.298 e. The number of hydrogen-bond acceptors (Lipinski definition) is 5. The minimum absolute atomic E-state index is 0.0375. The number of sulfonamides is 1. The first-order chi connectivity index (χ1) is 14.1. The van der Waals surface area contributed by atoms with Crippen molar-refractivity contribution >= 4 is 27.1 Å². The van der Waals surface area contributed by atoms with E-state index in [0.717, 1.165) is 49.7 Å². The molecule has 0 saturated carbocycles. The molecule has 1 fully saturated rings. The Labute approximate surface area is 171 Å². The Kier molecular flexibility index (Phi) is 4.80. The third-order valence-electron chi connectivity index (χ3n) is 6.04. The molecule has 1 saturated heterocycles. The van der Waals surface area contributed by atoms with E-state index in [1.807, 2.05) is 36.4 Å². The van der Waals surface area contributed by atoms with Crippen molar-refractivity contribution in [3.63, 3.8) is 0 Å². The van der Waals surface area contributed by atoms with Crippen molar-refractivity contribution in [2.75, 3.05) is 18.0 Å². The van der Waals surface area contributed by atoms with Gasteiger partial charge in [0.25, 0.3) is 6.01 Å². The van der Waals surface area contributed by atoms with Gasteiger partial charge in [0.05, 0.1) is 4.90 Å². The summed E-state index contributed by atoms with van der Waals surface area (Å²) in [5, 5.41) is 0. The van der Waals surface area contributed by atoms with Gasteiger partial charge in [-0.15, -0.1) is 0 Å². The molecular weight excluding hydrogens is 386 g/mol. The Balaban J connectivity index is 1.32. The molecule has 1 aliphatic carbocycles. The standard InChI is InChI=1S/C22H25N3O3S/c26-29(27,19-12-11-16-6-1-2-7-17(16)14-19)23-15-18-8-5-13-25(18)22-24-20-9-3-4-10-21(20)28-22/h3-4,9-12,14,18,23H,1-2,5-8,13,15H2. The van der Waals surface area contributed by atoms with Gasteiger partial charge in [0.15, 0.2) is 5.58 Å². The van der Waals surface area contributed by atoms with Crippen LogP contribution in [0.4, 0.5) is 6.01 Å². The summed E-state index contributed by atoms with van der Waals surface area (Å²) < 4.78 is 34.5. The van der Waals surface area contributed by atoms with Crippen LogP contribution in [0.25, 0.3) is 11.1 Å². The van der Waals surface area contributed by atoms with Gasteiger partial charge in [-0.1, -0.05) is 18.2 Å². The van der Waals surface area contributed by atoms with E-state index >= 15 is 0 Å². The number of rotatable bonds is 5. The van der Waals surface area contributed by atoms with Crippen LogP contribution >= 0.6 is 0 Å². The number of fused-ring (bicyclic) bond motifs is 2. The van der Waals surface area contributed by atoms with Crippen molar-refractivity contribution in [3.8, 4) is 0 Å². The highest BCUT2D eigenvalue weighted by Crippen LogP contribution is 2.28. The van der Waals surface area contributed by atoms with E-state index in [9.17, 15) is 8.42 Å². The number of anilines is 1. The number of nitrogens with one attached hydrogen (secondary N) is 1. The molecule has 2 aromatic carbocycles. The third kappa shape index (κ3) is 3.65. The van der Waals surface area contributed by atoms with Gasteiger partial charge >= 0.3 is 0 Å². The molecule has 0 radical (unpaired) electrons. The summed E-state index contributed by atoms with van der Waals surface area (Å²) in [5.74, 6) is 0. The number of nitrogens with zero attached hydrogens (tertiary/aromatic N) is 2. The normalized spacial score (nSPS) is 19.6. The number of benzene rings is 2. The molecule has 0 amide bonds. The summed E-state index contributed by atoms with van der Waals surface area (Å²) in [4.78, 5) is 7.02. The molecule has 7 heteroatoms. The largest absolute Gasteiger partial charge is 0.423 e. The average molecular weight is 412 g/mol. The molecule has 2 heterocycles. The first kappa shape index (κ1) is 18.6. The predicted molar refractivity (Wildman–Crippen MR) is 113 cm³/mol. The summed E-state index contributed by atoms with van der Waals surface area (Å²) in [5.41, 5.74) is 4.03. The third-order valence-corrected chi connectivity index (χ3v) is 7.47. The molecule has 1 atom stereocenters. The highest BCUT2D eigenvalue weighted by atomic mass is 32.2. The minimum atomic E-state index is -3.54. The smallest absolute Gasteiger partial charge is 0.298 e. The van der Waals surface area contributed by atoms with Crippen LogP contribution in [0.2, 0.25) is 0 Å². The van der Waals surface area contributed by atoms with Gasteiger partial charge in [0.1, 0.15) is 5.52 Å². The molecule has 5 rings (SSSR count). The Bertz CT molecular complexity index is 1110. The van der Waals surface area contributed by atoms with Gasteiger partial charge in [-0.2, -0.15) is 4.98 Å². The van der Waals surface area contributed by atoms with Gasteiger partial charge in [-0.05, 0) is 73.9 Å². The number of oxazole rings is 1. The van der Waals surface area contributed by atoms with Crippen molar-refractivity contribution in [2.45, 2.75) is 49.5 Å². The van der Waals surface area contributed by atoms with Crippen LogP contribution in [-0.2, 0) is 22.9 Å². The number of para-hydroxylation sites is 2. The fourth-order valence-electron chi connectivity index (χ4n) is 4.45. The summed E-state index contributed by atoms with van der Waals surface area (Å²) >= 11 is 0. The van der Waals surface area contributed by atoms with Gasteiger partial charge in [0.2, 0.25) is 10.0 Å². The second-order valence-corrected chi connectivity index (χ2v) is 9.71. The summed E-state index contributed by atoms with van der Waals surface area (Å²) in [6, 6.07) is 13.8. The number of aromatic nitrogens is 1. The lowest BCUT2D eigenvalue weighted by Crippen LogP contribution is -2.40. The van der Waals surface area contributed by atoms with Crippen molar-refractivity contribution in [2.24, 2.45) is 0 Å². The van der Waals surface area contributed by atoms with Gasteiger partial charge in [0, 0.05) is 19.1 Å². The Hall–Kier alpha value is -2.38. The van der Waals surface area contributed by atoms with Crippen LogP contribution in [0.5, 0.6) is 0 Å². The molecule has 2 aliphatic rings. The molecule has 0 spiro atoms. The summed E-state index contributed by atoms with van der Waals surface area (Å²) in [6.07, 6.45) is 6.23. The second-order valence-electron chi connectivity index (χ2n) is 7.94. The van der Waals surface area contributed by atoms with Crippen molar-refractivity contribution < 1.29 is 12.8 Å². The zero-order valence-electron chi connectivity index (χ0n) is 16.3. The quantitative estimate of drug-likeness (QED) is 0.694. The molecule has 29 heavy (non-hydrogen) atoms. The molecule has 6 nitrogen and oxygen atoms in total. The van der Waals surface area contributed by atoms with E-state index in [2.05, 4.69) is 14.6 Å². The minimum Gasteiger partial charge on any atom is -0.423 e. The Morgan fingerprint density at radius 1 is 1.07 bits per heavy atom. The monoisotopic (exact) mass is 411 g/mol. The highest BCUT2D eigenvalue weighted by Gasteiger charge is 2.30. The van der Waals surface area contributed by atoms with Crippen molar-refractivity contribution in [1.82, 2.24) is 9.71 Å². The lowest BCUT2D eigenvalue weighted by molar-refractivity contribution is 0.534. The van der Waals surface area contributed by atoms with Crippen LogP contribution < -0.4 is 9.62 Å². The van der Waals surface area contributed by atoms with E-state index in [0.29, 0.717) is 17.5 Å². The molecule has 1 aromatic heterocycles. The summed E-state index contributed by atoms with van der Waals surface area (Å²) in [6.45, 7) is 1.16. The van der Waals surface area contributed by atoms with Gasteiger partial charge in [-0.25, -0.2) is 13.1 Å².